The number of ether oxygens (including phenoxy) is 1. The lowest BCUT2D eigenvalue weighted by Gasteiger charge is -2.32. The van der Waals surface area contributed by atoms with Gasteiger partial charge in [-0.15, -0.1) is 0 Å². The Morgan fingerprint density at radius 2 is 1.78 bits per heavy atom. The predicted molar refractivity (Wildman–Crippen MR) is 76.4 cm³/mol. The summed E-state index contributed by atoms with van der Waals surface area (Å²) in [6, 6.07) is 2.17. The van der Waals surface area contributed by atoms with Crippen molar-refractivity contribution in [2.24, 2.45) is 5.73 Å². The molecule has 1 saturated carbocycles. The maximum Gasteiger partial charge on any atom is 0.122 e. The van der Waals surface area contributed by atoms with Gasteiger partial charge in [0.15, 0.2) is 0 Å². The Labute approximate surface area is 111 Å². The summed E-state index contributed by atoms with van der Waals surface area (Å²) < 4.78 is 5.46. The number of hydrogen-bond acceptors (Lipinski definition) is 2. The van der Waals surface area contributed by atoms with E-state index >= 15 is 0 Å². The van der Waals surface area contributed by atoms with Gasteiger partial charge in [-0.05, 0) is 61.9 Å². The summed E-state index contributed by atoms with van der Waals surface area (Å²) in [6.07, 6.45) is 5.08. The van der Waals surface area contributed by atoms with Gasteiger partial charge in [-0.25, -0.2) is 0 Å². The molecule has 0 atom stereocenters. The van der Waals surface area contributed by atoms with E-state index in [2.05, 4.69) is 26.8 Å². The van der Waals surface area contributed by atoms with Crippen molar-refractivity contribution in [3.8, 4) is 5.75 Å². The monoisotopic (exact) mass is 247 g/mol. The summed E-state index contributed by atoms with van der Waals surface area (Å²) >= 11 is 0. The highest BCUT2D eigenvalue weighted by atomic mass is 16.5. The first-order chi connectivity index (χ1) is 8.55. The van der Waals surface area contributed by atoms with Crippen molar-refractivity contribution in [1.29, 1.82) is 0 Å². The van der Waals surface area contributed by atoms with Gasteiger partial charge in [-0.3, -0.25) is 0 Å². The Bertz CT molecular complexity index is 445. The third kappa shape index (κ3) is 1.93. The lowest BCUT2D eigenvalue weighted by atomic mass is 9.74. The fourth-order valence-corrected chi connectivity index (χ4v) is 3.68. The fraction of sp³-hybridized carbons (Fsp3) is 0.625. The van der Waals surface area contributed by atoms with Gasteiger partial charge in [0, 0.05) is 12.0 Å². The molecule has 0 unspecified atom stereocenters. The number of methoxy groups -OCH3 is 1. The second kappa shape index (κ2) is 4.93. The lowest BCUT2D eigenvalue weighted by Crippen LogP contribution is -2.34. The maximum absolute atomic E-state index is 6.13. The van der Waals surface area contributed by atoms with Gasteiger partial charge < -0.3 is 10.5 Å². The minimum atomic E-state index is 0.213. The Hall–Kier alpha value is -1.02. The van der Waals surface area contributed by atoms with Crippen molar-refractivity contribution in [2.45, 2.75) is 51.9 Å². The second-order valence-electron chi connectivity index (χ2n) is 5.71. The highest BCUT2D eigenvalue weighted by molar-refractivity contribution is 5.51. The van der Waals surface area contributed by atoms with Crippen LogP contribution in [0.15, 0.2) is 6.07 Å². The Balaban J connectivity index is 2.60. The molecule has 0 spiro atoms. The molecule has 0 saturated heterocycles. The minimum Gasteiger partial charge on any atom is -0.496 e. The van der Waals surface area contributed by atoms with Crippen molar-refractivity contribution in [1.82, 2.24) is 0 Å². The zero-order valence-corrected chi connectivity index (χ0v) is 12.1. The van der Waals surface area contributed by atoms with Crippen LogP contribution in [-0.2, 0) is 5.41 Å². The van der Waals surface area contributed by atoms with Crippen molar-refractivity contribution >= 4 is 0 Å². The SMILES string of the molecule is COc1cc(C)c(C2(CN)CCCC2)c(C)c1C. The van der Waals surface area contributed by atoms with Crippen LogP contribution in [0.25, 0.3) is 0 Å². The number of benzene rings is 1. The van der Waals surface area contributed by atoms with E-state index in [1.54, 1.807) is 7.11 Å². The van der Waals surface area contributed by atoms with E-state index in [1.165, 1.54) is 47.9 Å². The Kier molecular flexibility index (Phi) is 3.67. The minimum absolute atomic E-state index is 0.213. The quantitative estimate of drug-likeness (QED) is 0.888. The summed E-state index contributed by atoms with van der Waals surface area (Å²) in [4.78, 5) is 0. The van der Waals surface area contributed by atoms with Gasteiger partial charge in [0.1, 0.15) is 5.75 Å². The molecule has 2 nitrogen and oxygen atoms in total. The van der Waals surface area contributed by atoms with Crippen LogP contribution in [0.2, 0.25) is 0 Å². The summed E-state index contributed by atoms with van der Waals surface area (Å²) in [7, 11) is 1.75. The molecule has 1 aliphatic rings. The van der Waals surface area contributed by atoms with Gasteiger partial charge in [0.25, 0.3) is 0 Å². The van der Waals surface area contributed by atoms with Crippen LogP contribution in [0.4, 0.5) is 0 Å². The van der Waals surface area contributed by atoms with E-state index in [4.69, 9.17) is 10.5 Å². The predicted octanol–water partition coefficient (Wildman–Crippen LogP) is 3.39. The molecule has 100 valence electrons. The van der Waals surface area contributed by atoms with E-state index in [0.29, 0.717) is 0 Å². The first-order valence-electron chi connectivity index (χ1n) is 6.91. The molecule has 2 rings (SSSR count). The molecular weight excluding hydrogens is 222 g/mol. The molecule has 1 fully saturated rings. The molecule has 0 aromatic heterocycles. The van der Waals surface area contributed by atoms with E-state index in [0.717, 1.165) is 12.3 Å². The zero-order valence-electron chi connectivity index (χ0n) is 12.1. The molecule has 2 heteroatoms. The largest absolute Gasteiger partial charge is 0.496 e. The van der Waals surface area contributed by atoms with Gasteiger partial charge in [-0.2, -0.15) is 0 Å². The number of aryl methyl sites for hydroxylation is 1. The molecule has 0 radical (unpaired) electrons. The van der Waals surface area contributed by atoms with Crippen molar-refractivity contribution < 1.29 is 4.74 Å². The summed E-state index contributed by atoms with van der Waals surface area (Å²) in [5, 5.41) is 0. The Morgan fingerprint density at radius 3 is 2.28 bits per heavy atom. The highest BCUT2D eigenvalue weighted by Crippen LogP contribution is 2.45. The van der Waals surface area contributed by atoms with Crippen molar-refractivity contribution in [2.75, 3.05) is 13.7 Å². The molecule has 1 aliphatic carbocycles. The maximum atomic E-state index is 6.13. The third-order valence-corrected chi connectivity index (χ3v) is 4.75. The third-order valence-electron chi connectivity index (χ3n) is 4.75. The first-order valence-corrected chi connectivity index (χ1v) is 6.91. The molecule has 0 heterocycles. The van der Waals surface area contributed by atoms with E-state index in [9.17, 15) is 0 Å². The van der Waals surface area contributed by atoms with Gasteiger partial charge >= 0.3 is 0 Å². The normalized spacial score (nSPS) is 18.1. The molecule has 18 heavy (non-hydrogen) atoms. The Morgan fingerprint density at radius 1 is 1.17 bits per heavy atom. The van der Waals surface area contributed by atoms with Crippen molar-refractivity contribution in [3.05, 3.63) is 28.3 Å². The van der Waals surface area contributed by atoms with Crippen LogP contribution >= 0.6 is 0 Å². The topological polar surface area (TPSA) is 35.2 Å². The van der Waals surface area contributed by atoms with E-state index in [-0.39, 0.29) is 5.41 Å². The fourth-order valence-electron chi connectivity index (χ4n) is 3.68. The molecule has 0 bridgehead atoms. The van der Waals surface area contributed by atoms with Gasteiger partial charge in [-0.1, -0.05) is 12.8 Å². The van der Waals surface area contributed by atoms with Gasteiger partial charge in [0.05, 0.1) is 7.11 Å². The number of rotatable bonds is 3. The smallest absolute Gasteiger partial charge is 0.122 e. The molecule has 0 aliphatic heterocycles. The average Bonchev–Trinajstić information content (AvgIpc) is 2.83. The summed E-state index contributed by atoms with van der Waals surface area (Å²) in [5.41, 5.74) is 11.8. The highest BCUT2D eigenvalue weighted by Gasteiger charge is 2.37. The van der Waals surface area contributed by atoms with Crippen LogP contribution < -0.4 is 10.5 Å². The average molecular weight is 247 g/mol. The molecular formula is C16H25NO. The summed E-state index contributed by atoms with van der Waals surface area (Å²) in [6.45, 7) is 7.33. The number of nitrogens with two attached hydrogens (primary N) is 1. The van der Waals surface area contributed by atoms with Crippen LogP contribution in [0.1, 0.15) is 47.9 Å². The van der Waals surface area contributed by atoms with Crippen LogP contribution in [-0.4, -0.2) is 13.7 Å². The molecule has 1 aromatic carbocycles. The van der Waals surface area contributed by atoms with E-state index in [1.807, 2.05) is 0 Å². The lowest BCUT2D eigenvalue weighted by molar-refractivity contribution is 0.407. The molecule has 0 amide bonds. The molecule has 1 aromatic rings. The van der Waals surface area contributed by atoms with Crippen LogP contribution in [0.3, 0.4) is 0 Å². The van der Waals surface area contributed by atoms with Crippen LogP contribution in [0.5, 0.6) is 5.75 Å². The van der Waals surface area contributed by atoms with Gasteiger partial charge in [0.2, 0.25) is 0 Å². The van der Waals surface area contributed by atoms with Crippen LogP contribution in [0, 0.1) is 20.8 Å². The molecule has 2 N–H and O–H groups in total. The first kappa shape index (κ1) is 13.4. The second-order valence-corrected chi connectivity index (χ2v) is 5.71. The number of hydrogen-bond donors (Lipinski definition) is 1. The van der Waals surface area contributed by atoms with E-state index < -0.39 is 0 Å². The zero-order chi connectivity index (χ0) is 13.3. The standard InChI is InChI=1S/C16H25NO/c1-11-9-14(18-4)12(2)13(3)15(11)16(10-17)7-5-6-8-16/h9H,5-8,10,17H2,1-4H3. The summed E-state index contributed by atoms with van der Waals surface area (Å²) in [5.74, 6) is 0.999. The van der Waals surface area contributed by atoms with Crippen molar-refractivity contribution in [3.63, 3.8) is 0 Å².